The number of sulfonamides is 1. The quantitative estimate of drug-likeness (QED) is 0.789. The molecule has 0 heterocycles. The minimum absolute atomic E-state index is 0.0352. The van der Waals surface area contributed by atoms with E-state index in [1.807, 2.05) is 0 Å². The zero-order valence-corrected chi connectivity index (χ0v) is 11.8. The monoisotopic (exact) mass is 274 g/mol. The minimum atomic E-state index is -3.11. The van der Waals surface area contributed by atoms with Gasteiger partial charge in [0.15, 0.2) is 0 Å². The van der Waals surface area contributed by atoms with Crippen molar-refractivity contribution in [1.29, 1.82) is 0 Å². The van der Waals surface area contributed by atoms with Crippen LogP contribution in [0.2, 0.25) is 0 Å². The van der Waals surface area contributed by atoms with Crippen LogP contribution in [0.25, 0.3) is 0 Å². The zero-order valence-electron chi connectivity index (χ0n) is 11.0. The molecule has 0 aromatic heterocycles. The van der Waals surface area contributed by atoms with Crippen molar-refractivity contribution in [1.82, 2.24) is 10.0 Å². The summed E-state index contributed by atoms with van der Waals surface area (Å²) in [7, 11) is -3.11. The fraction of sp³-hybridized carbons (Fsp3) is 0.917. The summed E-state index contributed by atoms with van der Waals surface area (Å²) >= 11 is 0. The van der Waals surface area contributed by atoms with E-state index < -0.39 is 10.0 Å². The minimum Gasteiger partial charge on any atom is -0.353 e. The first-order chi connectivity index (χ1) is 8.35. The third-order valence-corrected chi connectivity index (χ3v) is 4.66. The first-order valence-electron chi connectivity index (χ1n) is 6.63. The highest BCUT2D eigenvalue weighted by Gasteiger charge is 2.40. The van der Waals surface area contributed by atoms with Crippen LogP contribution in [-0.2, 0) is 14.8 Å². The molecular formula is C12H22N2O3S. The van der Waals surface area contributed by atoms with E-state index in [4.69, 9.17) is 0 Å². The van der Waals surface area contributed by atoms with Crippen molar-refractivity contribution in [2.24, 2.45) is 11.8 Å². The van der Waals surface area contributed by atoms with Gasteiger partial charge < -0.3 is 5.32 Å². The molecule has 0 bridgehead atoms. The van der Waals surface area contributed by atoms with Crippen LogP contribution in [0, 0.1) is 11.8 Å². The number of nitrogens with one attached hydrogen (secondary N) is 2. The molecular weight excluding hydrogens is 252 g/mol. The average Bonchev–Trinajstić information content (AvgIpc) is 2.96. The molecule has 0 unspecified atom stereocenters. The standard InChI is InChI=1S/C12H22N2O3S/c1-8-7-11(8)12(15)13-9-3-5-10(6-4-9)14-18(2,16)17/h8-11,14H,3-7H2,1-2H3,(H,13,15)/t8-,9?,10?,11-/m1/s1. The number of carbonyl (C=O) groups is 1. The highest BCUT2D eigenvalue weighted by molar-refractivity contribution is 7.88. The van der Waals surface area contributed by atoms with Crippen LogP contribution in [0.5, 0.6) is 0 Å². The second-order valence-electron chi connectivity index (χ2n) is 5.77. The maximum atomic E-state index is 11.8. The largest absolute Gasteiger partial charge is 0.353 e. The van der Waals surface area contributed by atoms with Crippen LogP contribution >= 0.6 is 0 Å². The third-order valence-electron chi connectivity index (χ3n) is 3.90. The lowest BCUT2D eigenvalue weighted by Gasteiger charge is -2.29. The molecule has 2 aliphatic carbocycles. The van der Waals surface area contributed by atoms with Crippen LogP contribution in [0.3, 0.4) is 0 Å². The zero-order chi connectivity index (χ0) is 13.3. The molecule has 2 N–H and O–H groups in total. The molecule has 0 aliphatic heterocycles. The molecule has 2 atom stereocenters. The molecule has 0 spiro atoms. The van der Waals surface area contributed by atoms with Gasteiger partial charge in [-0.1, -0.05) is 6.92 Å². The van der Waals surface area contributed by atoms with Crippen molar-refractivity contribution in [2.45, 2.75) is 51.1 Å². The Bertz CT molecular complexity index is 413. The number of hydrogen-bond donors (Lipinski definition) is 2. The molecule has 2 saturated carbocycles. The molecule has 0 aromatic carbocycles. The van der Waals surface area contributed by atoms with E-state index in [0.29, 0.717) is 5.92 Å². The Morgan fingerprint density at radius 2 is 1.61 bits per heavy atom. The molecule has 5 nitrogen and oxygen atoms in total. The Morgan fingerprint density at radius 3 is 2.06 bits per heavy atom. The van der Waals surface area contributed by atoms with Gasteiger partial charge in [-0.15, -0.1) is 0 Å². The van der Waals surface area contributed by atoms with Crippen LogP contribution < -0.4 is 10.0 Å². The SMILES string of the molecule is C[C@@H]1C[C@H]1C(=O)NC1CCC(NS(C)(=O)=O)CC1. The Morgan fingerprint density at radius 1 is 1.11 bits per heavy atom. The van der Waals surface area contributed by atoms with Gasteiger partial charge in [0.25, 0.3) is 0 Å². The summed E-state index contributed by atoms with van der Waals surface area (Å²) in [5.41, 5.74) is 0. The highest BCUT2D eigenvalue weighted by atomic mass is 32.2. The number of hydrogen-bond acceptors (Lipinski definition) is 3. The van der Waals surface area contributed by atoms with E-state index in [2.05, 4.69) is 17.0 Å². The lowest BCUT2D eigenvalue weighted by Crippen LogP contribution is -2.44. The predicted molar refractivity (Wildman–Crippen MR) is 69.4 cm³/mol. The predicted octanol–water partition coefficient (Wildman–Crippen LogP) is 0.619. The van der Waals surface area contributed by atoms with Crippen molar-refractivity contribution in [3.8, 4) is 0 Å². The maximum Gasteiger partial charge on any atom is 0.223 e. The Labute approximate surface area is 109 Å². The second-order valence-corrected chi connectivity index (χ2v) is 7.55. The van der Waals surface area contributed by atoms with Crippen LogP contribution in [0.15, 0.2) is 0 Å². The fourth-order valence-electron chi connectivity index (χ4n) is 2.65. The number of rotatable bonds is 4. The first kappa shape index (κ1) is 13.8. The molecule has 18 heavy (non-hydrogen) atoms. The van der Waals surface area contributed by atoms with Gasteiger partial charge in [0.1, 0.15) is 0 Å². The molecule has 2 fully saturated rings. The molecule has 1 amide bonds. The summed E-state index contributed by atoms with van der Waals surface area (Å²) in [5.74, 6) is 0.937. The van der Waals surface area contributed by atoms with Crippen molar-refractivity contribution in [2.75, 3.05) is 6.26 Å². The Kier molecular flexibility index (Phi) is 3.96. The van der Waals surface area contributed by atoms with E-state index >= 15 is 0 Å². The lowest BCUT2D eigenvalue weighted by atomic mass is 9.91. The topological polar surface area (TPSA) is 75.3 Å². The molecule has 6 heteroatoms. The van der Waals surface area contributed by atoms with Gasteiger partial charge >= 0.3 is 0 Å². The van der Waals surface area contributed by atoms with Crippen molar-refractivity contribution in [3.63, 3.8) is 0 Å². The first-order valence-corrected chi connectivity index (χ1v) is 8.52. The van der Waals surface area contributed by atoms with E-state index in [1.54, 1.807) is 0 Å². The molecule has 104 valence electrons. The molecule has 2 rings (SSSR count). The highest BCUT2D eigenvalue weighted by Crippen LogP contribution is 2.38. The van der Waals surface area contributed by atoms with Gasteiger partial charge in [-0.3, -0.25) is 4.79 Å². The van der Waals surface area contributed by atoms with Gasteiger partial charge in [0.05, 0.1) is 6.26 Å². The van der Waals surface area contributed by atoms with E-state index in [9.17, 15) is 13.2 Å². The van der Waals surface area contributed by atoms with Crippen LogP contribution in [-0.4, -0.2) is 32.7 Å². The number of carbonyl (C=O) groups excluding carboxylic acids is 1. The summed E-state index contributed by atoms with van der Waals surface area (Å²) in [6.45, 7) is 2.09. The molecule has 0 radical (unpaired) electrons. The van der Waals surface area contributed by atoms with Crippen LogP contribution in [0.4, 0.5) is 0 Å². The molecule has 2 aliphatic rings. The van der Waals surface area contributed by atoms with Crippen molar-refractivity contribution < 1.29 is 13.2 Å². The van der Waals surface area contributed by atoms with Gasteiger partial charge in [0.2, 0.25) is 15.9 Å². The number of amides is 1. The second kappa shape index (κ2) is 5.17. The summed E-state index contributed by atoms with van der Waals surface area (Å²) in [6.07, 6.45) is 5.53. The molecule has 0 aromatic rings. The smallest absolute Gasteiger partial charge is 0.223 e. The van der Waals surface area contributed by atoms with E-state index in [1.165, 1.54) is 6.26 Å². The summed E-state index contributed by atoms with van der Waals surface area (Å²) < 4.78 is 24.9. The van der Waals surface area contributed by atoms with E-state index in [0.717, 1.165) is 32.1 Å². The van der Waals surface area contributed by atoms with Crippen molar-refractivity contribution in [3.05, 3.63) is 0 Å². The normalized spacial score (nSPS) is 36.1. The Balaban J connectivity index is 1.72. The lowest BCUT2D eigenvalue weighted by molar-refractivity contribution is -0.123. The average molecular weight is 274 g/mol. The van der Waals surface area contributed by atoms with Crippen LogP contribution in [0.1, 0.15) is 39.0 Å². The fourth-order valence-corrected chi connectivity index (χ4v) is 3.50. The van der Waals surface area contributed by atoms with E-state index in [-0.39, 0.29) is 23.9 Å². The van der Waals surface area contributed by atoms with Gasteiger partial charge in [-0.05, 0) is 38.0 Å². The molecule has 0 saturated heterocycles. The summed E-state index contributed by atoms with van der Waals surface area (Å²) in [5, 5.41) is 3.08. The van der Waals surface area contributed by atoms with Crippen molar-refractivity contribution >= 4 is 15.9 Å². The Hall–Kier alpha value is -0.620. The third kappa shape index (κ3) is 3.95. The maximum absolute atomic E-state index is 11.8. The van der Waals surface area contributed by atoms with Gasteiger partial charge in [-0.25, -0.2) is 13.1 Å². The van der Waals surface area contributed by atoms with Gasteiger partial charge in [0, 0.05) is 18.0 Å². The van der Waals surface area contributed by atoms with Gasteiger partial charge in [-0.2, -0.15) is 0 Å². The summed E-state index contributed by atoms with van der Waals surface area (Å²) in [4.78, 5) is 11.8. The summed E-state index contributed by atoms with van der Waals surface area (Å²) in [6, 6.07) is 0.260.